The van der Waals surface area contributed by atoms with Crippen molar-refractivity contribution in [3.8, 4) is 0 Å². The molecule has 0 aliphatic carbocycles. The predicted molar refractivity (Wildman–Crippen MR) is 34.8 cm³/mol. The third-order valence-electron chi connectivity index (χ3n) is 1.55. The van der Waals surface area contributed by atoms with Gasteiger partial charge < -0.3 is 19.4 Å². The van der Waals surface area contributed by atoms with E-state index in [4.69, 9.17) is 9.47 Å². The Hall–Kier alpha value is -0.610. The van der Waals surface area contributed by atoms with Crippen LogP contribution in [0.3, 0.4) is 0 Å². The van der Waals surface area contributed by atoms with Gasteiger partial charge in [-0.2, -0.15) is 0 Å². The maximum atomic E-state index is 9.90. The topological polar surface area (TPSA) is 58.6 Å². The smallest absolute Gasteiger partial charge is 0.0862 e. The second kappa shape index (κ2) is 4.31. The number of aliphatic carboxylic acids is 1. The van der Waals surface area contributed by atoms with Gasteiger partial charge in [-0.15, -0.1) is 0 Å². The Morgan fingerprint density at radius 2 is 2.55 bits per heavy atom. The molecular weight excluding hydrogens is 148 g/mol. The van der Waals surface area contributed by atoms with Gasteiger partial charge in [-0.1, -0.05) is 0 Å². The van der Waals surface area contributed by atoms with Gasteiger partial charge in [-0.05, 0) is 12.8 Å². The summed E-state index contributed by atoms with van der Waals surface area (Å²) in [5.74, 6) is -1.18. The molecule has 0 saturated carbocycles. The van der Waals surface area contributed by atoms with E-state index in [0.29, 0.717) is 6.61 Å². The predicted octanol–water partition coefficient (Wildman–Crippen LogP) is -1.07. The molecule has 1 aliphatic rings. The average Bonchev–Trinajstić information content (AvgIpc) is 2.39. The second-order valence-corrected chi connectivity index (χ2v) is 2.52. The molecule has 64 valence electrons. The van der Waals surface area contributed by atoms with E-state index in [-0.39, 0.29) is 12.7 Å². The molecule has 0 aromatic carbocycles. The Kier molecular flexibility index (Phi) is 3.32. The van der Waals surface area contributed by atoms with Gasteiger partial charge in [0.2, 0.25) is 0 Å². The molecule has 4 heteroatoms. The van der Waals surface area contributed by atoms with Gasteiger partial charge in [0, 0.05) is 6.61 Å². The van der Waals surface area contributed by atoms with Crippen LogP contribution in [0, 0.1) is 0 Å². The van der Waals surface area contributed by atoms with Gasteiger partial charge in [0.15, 0.2) is 0 Å². The first-order valence-electron chi connectivity index (χ1n) is 3.68. The minimum Gasteiger partial charge on any atom is -0.548 e. The van der Waals surface area contributed by atoms with Crippen molar-refractivity contribution in [2.45, 2.75) is 18.9 Å². The highest BCUT2D eigenvalue weighted by Crippen LogP contribution is 2.11. The van der Waals surface area contributed by atoms with E-state index in [9.17, 15) is 9.90 Å². The van der Waals surface area contributed by atoms with Crippen LogP contribution in [0.1, 0.15) is 12.8 Å². The van der Waals surface area contributed by atoms with Crippen LogP contribution in [0.4, 0.5) is 0 Å². The Labute approximate surface area is 65.1 Å². The van der Waals surface area contributed by atoms with Gasteiger partial charge in [0.25, 0.3) is 0 Å². The lowest BCUT2D eigenvalue weighted by molar-refractivity contribution is -0.309. The summed E-state index contributed by atoms with van der Waals surface area (Å²) in [6, 6.07) is 0. The summed E-state index contributed by atoms with van der Waals surface area (Å²) >= 11 is 0. The van der Waals surface area contributed by atoms with Crippen molar-refractivity contribution in [2.75, 3.05) is 19.8 Å². The van der Waals surface area contributed by atoms with E-state index < -0.39 is 5.97 Å². The summed E-state index contributed by atoms with van der Waals surface area (Å²) < 4.78 is 9.99. The van der Waals surface area contributed by atoms with E-state index in [2.05, 4.69) is 0 Å². The molecule has 0 N–H and O–H groups in total. The lowest BCUT2D eigenvalue weighted by Crippen LogP contribution is -2.29. The van der Waals surface area contributed by atoms with E-state index in [1.807, 2.05) is 0 Å². The first-order chi connectivity index (χ1) is 5.29. The summed E-state index contributed by atoms with van der Waals surface area (Å²) in [5, 5.41) is 9.90. The summed E-state index contributed by atoms with van der Waals surface area (Å²) in [6.45, 7) is 0.799. The fourth-order valence-corrected chi connectivity index (χ4v) is 1.05. The monoisotopic (exact) mass is 159 g/mol. The molecule has 0 amide bonds. The van der Waals surface area contributed by atoms with Gasteiger partial charge >= 0.3 is 0 Å². The zero-order valence-corrected chi connectivity index (χ0v) is 6.25. The SMILES string of the molecule is O=C([O-])COC[C@H]1CCCO1. The minimum atomic E-state index is -1.18. The maximum absolute atomic E-state index is 9.90. The second-order valence-electron chi connectivity index (χ2n) is 2.52. The third kappa shape index (κ3) is 3.34. The highest BCUT2D eigenvalue weighted by atomic mass is 16.5. The van der Waals surface area contributed by atoms with Crippen LogP contribution >= 0.6 is 0 Å². The Morgan fingerprint density at radius 3 is 3.09 bits per heavy atom. The summed E-state index contributed by atoms with van der Waals surface area (Å²) in [5.41, 5.74) is 0. The third-order valence-corrected chi connectivity index (χ3v) is 1.55. The fourth-order valence-electron chi connectivity index (χ4n) is 1.05. The van der Waals surface area contributed by atoms with Crippen LogP contribution in [-0.2, 0) is 14.3 Å². The van der Waals surface area contributed by atoms with E-state index in [1.54, 1.807) is 0 Å². The lowest BCUT2D eigenvalue weighted by Gasteiger charge is -2.09. The number of carbonyl (C=O) groups is 1. The van der Waals surface area contributed by atoms with Crippen molar-refractivity contribution < 1.29 is 19.4 Å². The molecule has 0 spiro atoms. The van der Waals surface area contributed by atoms with Crippen molar-refractivity contribution in [3.05, 3.63) is 0 Å². The summed E-state index contributed by atoms with van der Waals surface area (Å²) in [6.07, 6.45) is 2.10. The summed E-state index contributed by atoms with van der Waals surface area (Å²) in [4.78, 5) is 9.90. The normalized spacial score (nSPS) is 23.8. The lowest BCUT2D eigenvalue weighted by atomic mass is 10.2. The van der Waals surface area contributed by atoms with Crippen molar-refractivity contribution in [2.24, 2.45) is 0 Å². The van der Waals surface area contributed by atoms with Crippen molar-refractivity contribution >= 4 is 5.97 Å². The van der Waals surface area contributed by atoms with E-state index in [0.717, 1.165) is 19.4 Å². The molecular formula is C7H11O4-. The zero-order chi connectivity index (χ0) is 8.10. The van der Waals surface area contributed by atoms with Gasteiger partial charge in [-0.25, -0.2) is 0 Å². The molecule has 1 aliphatic heterocycles. The van der Waals surface area contributed by atoms with Crippen LogP contribution < -0.4 is 5.11 Å². The largest absolute Gasteiger partial charge is 0.548 e. The Bertz CT molecular complexity index is 128. The molecule has 0 aromatic heterocycles. The zero-order valence-electron chi connectivity index (χ0n) is 6.25. The van der Waals surface area contributed by atoms with Gasteiger partial charge in [0.1, 0.15) is 0 Å². The molecule has 1 atom stereocenters. The van der Waals surface area contributed by atoms with E-state index >= 15 is 0 Å². The molecule has 1 heterocycles. The standard InChI is InChI=1S/C7H12O4/c8-7(9)5-10-4-6-2-1-3-11-6/h6H,1-5H2,(H,8,9)/p-1/t6-/m1/s1. The van der Waals surface area contributed by atoms with Crippen molar-refractivity contribution in [3.63, 3.8) is 0 Å². The highest BCUT2D eigenvalue weighted by Gasteiger charge is 2.14. The minimum absolute atomic E-state index is 0.0920. The molecule has 0 bridgehead atoms. The van der Waals surface area contributed by atoms with Crippen molar-refractivity contribution in [1.82, 2.24) is 0 Å². The first-order valence-corrected chi connectivity index (χ1v) is 3.68. The molecule has 0 unspecified atom stereocenters. The number of hydrogen-bond acceptors (Lipinski definition) is 4. The fraction of sp³-hybridized carbons (Fsp3) is 0.857. The molecule has 4 nitrogen and oxygen atoms in total. The Morgan fingerprint density at radius 1 is 1.73 bits per heavy atom. The molecule has 11 heavy (non-hydrogen) atoms. The number of rotatable bonds is 4. The van der Waals surface area contributed by atoms with Gasteiger partial charge in [0.05, 0.1) is 25.3 Å². The number of hydrogen-bond donors (Lipinski definition) is 0. The number of carbonyl (C=O) groups excluding carboxylic acids is 1. The van der Waals surface area contributed by atoms with Crippen LogP contribution in [0.5, 0.6) is 0 Å². The number of carboxylic acid groups (broad SMARTS) is 1. The molecule has 1 fully saturated rings. The summed E-state index contributed by atoms with van der Waals surface area (Å²) in [7, 11) is 0. The maximum Gasteiger partial charge on any atom is 0.0862 e. The number of ether oxygens (including phenoxy) is 2. The molecule has 1 rings (SSSR count). The van der Waals surface area contributed by atoms with Crippen molar-refractivity contribution in [1.29, 1.82) is 0 Å². The van der Waals surface area contributed by atoms with Gasteiger partial charge in [-0.3, -0.25) is 0 Å². The average molecular weight is 159 g/mol. The molecule has 0 aromatic rings. The number of carboxylic acids is 1. The van der Waals surface area contributed by atoms with E-state index in [1.165, 1.54) is 0 Å². The van der Waals surface area contributed by atoms with Crippen LogP contribution in [0.2, 0.25) is 0 Å². The highest BCUT2D eigenvalue weighted by molar-refractivity contribution is 5.65. The quantitative estimate of drug-likeness (QED) is 0.524. The Balaban J connectivity index is 1.98. The van der Waals surface area contributed by atoms with Crippen LogP contribution in [0.25, 0.3) is 0 Å². The molecule has 1 saturated heterocycles. The first kappa shape index (κ1) is 8.49. The van der Waals surface area contributed by atoms with Crippen LogP contribution in [-0.4, -0.2) is 31.9 Å². The molecule has 0 radical (unpaired) electrons. The van der Waals surface area contributed by atoms with Crippen LogP contribution in [0.15, 0.2) is 0 Å².